The van der Waals surface area contributed by atoms with Gasteiger partial charge in [-0.05, 0) is 0 Å². The van der Waals surface area contributed by atoms with Crippen LogP contribution in [0, 0.1) is 0 Å². The molecule has 0 saturated carbocycles. The van der Waals surface area contributed by atoms with Crippen LogP contribution in [0.5, 0.6) is 0 Å². The largest absolute Gasteiger partial charge is 0.364 e. The number of H-pyrrole nitrogens is 1. The van der Waals surface area contributed by atoms with Crippen LogP contribution < -0.4 is 11.2 Å². The Balaban J connectivity index is 2.35. The Morgan fingerprint density at radius 3 is 3.00 bits per heavy atom. The molecule has 0 atom stereocenters. The summed E-state index contributed by atoms with van der Waals surface area (Å²) >= 11 is 0. The molecule has 0 fully saturated rings. The van der Waals surface area contributed by atoms with Crippen LogP contribution in [0.2, 0.25) is 0 Å². The topological polar surface area (TPSA) is 80.9 Å². The highest BCUT2D eigenvalue weighted by atomic mass is 16.5. The highest BCUT2D eigenvalue weighted by Gasteiger charge is 1.99. The summed E-state index contributed by atoms with van der Waals surface area (Å²) < 4.78 is 5.97. The molecule has 0 radical (unpaired) electrons. The zero-order chi connectivity index (χ0) is 9.97. The SMILES string of the molecule is O=c1ccn(Cc2cnoc2)c(=O)[nH]1. The first-order valence-corrected chi connectivity index (χ1v) is 3.94. The Morgan fingerprint density at radius 1 is 1.50 bits per heavy atom. The molecule has 2 rings (SSSR count). The van der Waals surface area contributed by atoms with Crippen molar-refractivity contribution in [3.63, 3.8) is 0 Å². The molecule has 0 amide bonds. The van der Waals surface area contributed by atoms with Gasteiger partial charge in [0.1, 0.15) is 6.26 Å². The lowest BCUT2D eigenvalue weighted by Gasteiger charge is -1.99. The molecule has 0 aliphatic rings. The molecule has 0 spiro atoms. The zero-order valence-corrected chi connectivity index (χ0v) is 7.14. The number of hydrogen-bond acceptors (Lipinski definition) is 4. The third-order valence-corrected chi connectivity index (χ3v) is 1.73. The average molecular weight is 193 g/mol. The van der Waals surface area contributed by atoms with Crippen LogP contribution in [0.15, 0.2) is 38.8 Å². The summed E-state index contributed by atoms with van der Waals surface area (Å²) in [6.45, 7) is 0.332. The molecule has 0 unspecified atom stereocenters. The maximum atomic E-state index is 11.2. The molecule has 2 aromatic rings. The molecule has 0 bridgehead atoms. The molecule has 2 heterocycles. The Hall–Kier alpha value is -2.11. The molecule has 6 nitrogen and oxygen atoms in total. The van der Waals surface area contributed by atoms with Crippen molar-refractivity contribution < 1.29 is 4.52 Å². The summed E-state index contributed by atoms with van der Waals surface area (Å²) in [5, 5.41) is 3.50. The first-order valence-electron chi connectivity index (χ1n) is 3.94. The molecular formula is C8H7N3O3. The second kappa shape index (κ2) is 3.33. The van der Waals surface area contributed by atoms with Gasteiger partial charge in [-0.15, -0.1) is 0 Å². The van der Waals surface area contributed by atoms with Crippen molar-refractivity contribution in [2.24, 2.45) is 0 Å². The van der Waals surface area contributed by atoms with E-state index in [1.807, 2.05) is 0 Å². The van der Waals surface area contributed by atoms with Gasteiger partial charge in [-0.3, -0.25) is 14.3 Å². The van der Waals surface area contributed by atoms with Crippen molar-refractivity contribution in [3.05, 3.63) is 51.1 Å². The van der Waals surface area contributed by atoms with Gasteiger partial charge in [0.25, 0.3) is 5.56 Å². The quantitative estimate of drug-likeness (QED) is 0.701. The fourth-order valence-electron chi connectivity index (χ4n) is 1.07. The molecule has 6 heteroatoms. The molecule has 0 aliphatic carbocycles. The van der Waals surface area contributed by atoms with Crippen molar-refractivity contribution in [3.8, 4) is 0 Å². The van der Waals surface area contributed by atoms with Gasteiger partial charge in [-0.1, -0.05) is 5.16 Å². The minimum absolute atomic E-state index is 0.332. The molecule has 0 aromatic carbocycles. The zero-order valence-electron chi connectivity index (χ0n) is 7.14. The van der Waals surface area contributed by atoms with Crippen molar-refractivity contribution in [2.45, 2.75) is 6.54 Å². The first kappa shape index (κ1) is 8.49. The van der Waals surface area contributed by atoms with E-state index in [0.717, 1.165) is 5.56 Å². The van der Waals surface area contributed by atoms with Crippen molar-refractivity contribution >= 4 is 0 Å². The maximum Gasteiger partial charge on any atom is 0.328 e. The van der Waals surface area contributed by atoms with Gasteiger partial charge in [0.15, 0.2) is 0 Å². The molecular weight excluding hydrogens is 186 g/mol. The second-order valence-corrected chi connectivity index (χ2v) is 2.77. The number of nitrogens with zero attached hydrogens (tertiary/aromatic N) is 2. The van der Waals surface area contributed by atoms with Crippen molar-refractivity contribution in [1.82, 2.24) is 14.7 Å². The van der Waals surface area contributed by atoms with E-state index in [2.05, 4.69) is 14.7 Å². The van der Waals surface area contributed by atoms with Gasteiger partial charge >= 0.3 is 5.69 Å². The number of aromatic amines is 1. The van der Waals surface area contributed by atoms with Gasteiger partial charge in [0.2, 0.25) is 0 Å². The normalized spacial score (nSPS) is 10.3. The molecule has 72 valence electrons. The van der Waals surface area contributed by atoms with E-state index in [1.165, 1.54) is 29.3 Å². The minimum atomic E-state index is -0.446. The van der Waals surface area contributed by atoms with Crippen LogP contribution >= 0.6 is 0 Å². The van der Waals surface area contributed by atoms with Gasteiger partial charge in [-0.25, -0.2) is 4.79 Å². The molecule has 1 N–H and O–H groups in total. The summed E-state index contributed by atoms with van der Waals surface area (Å²) in [5.74, 6) is 0. The summed E-state index contributed by atoms with van der Waals surface area (Å²) in [5.41, 5.74) is -0.0885. The predicted molar refractivity (Wildman–Crippen MR) is 46.9 cm³/mol. The van der Waals surface area contributed by atoms with E-state index in [9.17, 15) is 9.59 Å². The highest BCUT2D eigenvalue weighted by Crippen LogP contribution is 1.97. The van der Waals surface area contributed by atoms with Crippen LogP contribution in [0.25, 0.3) is 0 Å². The first-order chi connectivity index (χ1) is 6.75. The minimum Gasteiger partial charge on any atom is -0.364 e. The van der Waals surface area contributed by atoms with Crippen LogP contribution in [-0.2, 0) is 6.54 Å². The lowest BCUT2D eigenvalue weighted by atomic mass is 10.3. The van der Waals surface area contributed by atoms with E-state index in [0.29, 0.717) is 6.54 Å². The second-order valence-electron chi connectivity index (χ2n) is 2.77. The van der Waals surface area contributed by atoms with E-state index in [1.54, 1.807) is 0 Å². The smallest absolute Gasteiger partial charge is 0.328 e. The molecule has 0 saturated heterocycles. The average Bonchev–Trinajstić information content (AvgIpc) is 2.62. The molecule has 0 aliphatic heterocycles. The number of nitrogens with one attached hydrogen (secondary N) is 1. The monoisotopic (exact) mass is 193 g/mol. The van der Waals surface area contributed by atoms with E-state index in [4.69, 9.17) is 0 Å². The number of hydrogen-bond donors (Lipinski definition) is 1. The summed E-state index contributed by atoms with van der Waals surface area (Å²) in [7, 11) is 0. The molecule has 14 heavy (non-hydrogen) atoms. The predicted octanol–water partition coefficient (Wildman–Crippen LogP) is -0.427. The Bertz CT molecular complexity index is 523. The van der Waals surface area contributed by atoms with Crippen LogP contribution in [0.4, 0.5) is 0 Å². The highest BCUT2D eigenvalue weighted by molar-refractivity contribution is 5.01. The van der Waals surface area contributed by atoms with Crippen molar-refractivity contribution in [1.29, 1.82) is 0 Å². The summed E-state index contributed by atoms with van der Waals surface area (Å²) in [4.78, 5) is 24.1. The Kier molecular flexibility index (Phi) is 2.02. The van der Waals surface area contributed by atoms with E-state index >= 15 is 0 Å². The van der Waals surface area contributed by atoms with Crippen LogP contribution in [0.3, 0.4) is 0 Å². The summed E-state index contributed by atoms with van der Waals surface area (Å²) in [6, 6.07) is 1.29. The lowest BCUT2D eigenvalue weighted by Crippen LogP contribution is -2.28. The van der Waals surface area contributed by atoms with Gasteiger partial charge in [0, 0.05) is 17.8 Å². The number of aromatic nitrogens is 3. The third-order valence-electron chi connectivity index (χ3n) is 1.73. The third kappa shape index (κ3) is 1.63. The maximum absolute atomic E-state index is 11.2. The van der Waals surface area contributed by atoms with Gasteiger partial charge in [0.05, 0.1) is 12.7 Å². The van der Waals surface area contributed by atoms with Gasteiger partial charge in [-0.2, -0.15) is 0 Å². The van der Waals surface area contributed by atoms with Gasteiger partial charge < -0.3 is 4.52 Å². The van der Waals surface area contributed by atoms with Crippen LogP contribution in [0.1, 0.15) is 5.56 Å². The van der Waals surface area contributed by atoms with Crippen LogP contribution in [-0.4, -0.2) is 14.7 Å². The molecule has 2 aromatic heterocycles. The van der Waals surface area contributed by atoms with E-state index < -0.39 is 11.2 Å². The Morgan fingerprint density at radius 2 is 2.36 bits per heavy atom. The lowest BCUT2D eigenvalue weighted by molar-refractivity contribution is 0.418. The fraction of sp³-hybridized carbons (Fsp3) is 0.125. The standard InChI is InChI=1S/C8H7N3O3/c12-7-1-2-11(8(13)10-7)4-6-3-9-14-5-6/h1-3,5H,4H2,(H,10,12,13). The Labute approximate surface area is 77.8 Å². The van der Waals surface area contributed by atoms with Crippen molar-refractivity contribution in [2.75, 3.05) is 0 Å². The van der Waals surface area contributed by atoms with E-state index in [-0.39, 0.29) is 0 Å². The summed E-state index contributed by atoms with van der Waals surface area (Å²) in [6.07, 6.45) is 4.38. The number of rotatable bonds is 2. The fourth-order valence-corrected chi connectivity index (χ4v) is 1.07.